The van der Waals surface area contributed by atoms with Crippen molar-refractivity contribution in [1.29, 1.82) is 0 Å². The lowest BCUT2D eigenvalue weighted by atomic mass is 9.90. The molecule has 54 heavy (non-hydrogen) atoms. The molecule has 3 heterocycles. The van der Waals surface area contributed by atoms with Crippen LogP contribution in [0.1, 0.15) is 17.3 Å². The molecule has 0 spiro atoms. The summed E-state index contributed by atoms with van der Waals surface area (Å²) in [6.07, 6.45) is 6.85. The summed E-state index contributed by atoms with van der Waals surface area (Å²) in [5, 5.41) is 4.82. The maximum atomic E-state index is 6.22. The van der Waals surface area contributed by atoms with Gasteiger partial charge in [-0.3, -0.25) is 0 Å². The van der Waals surface area contributed by atoms with E-state index in [0.29, 0.717) is 28.6 Å². The monoisotopic (exact) mass is 709 g/mol. The lowest BCUT2D eigenvalue weighted by Crippen LogP contribution is -2.11. The zero-order valence-corrected chi connectivity index (χ0v) is 29.9. The number of allylic oxidation sites excluding steroid dienone is 3. The van der Waals surface area contributed by atoms with Crippen LogP contribution >= 0.6 is 11.8 Å². The minimum absolute atomic E-state index is 0.298. The second-order valence-corrected chi connectivity index (χ2v) is 15.2. The number of para-hydroxylation sites is 1. The lowest BCUT2D eigenvalue weighted by molar-refractivity contribution is 0.669. The van der Waals surface area contributed by atoms with Crippen LogP contribution in [0, 0.1) is 0 Å². The Kier molecular flexibility index (Phi) is 7.20. The summed E-state index contributed by atoms with van der Waals surface area (Å²) in [6, 6.07) is 55.4. The fourth-order valence-electron chi connectivity index (χ4n) is 7.97. The number of hydrogen-bond acceptors (Lipinski definition) is 5. The minimum Gasteiger partial charge on any atom is -0.456 e. The van der Waals surface area contributed by atoms with Gasteiger partial charge in [-0.2, -0.15) is 0 Å². The van der Waals surface area contributed by atoms with Crippen molar-refractivity contribution in [2.24, 2.45) is 0 Å². The van der Waals surface area contributed by atoms with Crippen LogP contribution < -0.4 is 0 Å². The lowest BCUT2D eigenvalue weighted by Gasteiger charge is -2.19. The Bertz CT molecular complexity index is 2980. The summed E-state index contributed by atoms with van der Waals surface area (Å²) in [7, 11) is 0. The predicted molar refractivity (Wildman–Crippen MR) is 222 cm³/mol. The molecule has 2 atom stereocenters. The van der Waals surface area contributed by atoms with Crippen LogP contribution in [0.2, 0.25) is 0 Å². The fourth-order valence-corrected chi connectivity index (χ4v) is 9.36. The van der Waals surface area contributed by atoms with Crippen molar-refractivity contribution in [3.63, 3.8) is 0 Å². The van der Waals surface area contributed by atoms with Gasteiger partial charge >= 0.3 is 0 Å². The van der Waals surface area contributed by atoms with E-state index in [1.165, 1.54) is 16.0 Å². The smallest absolute Gasteiger partial charge is 0.164 e. The molecule has 1 aliphatic heterocycles. The zero-order chi connectivity index (χ0) is 35.6. The molecular weight excluding hydrogens is 679 g/mol. The molecule has 254 valence electrons. The quantitative estimate of drug-likeness (QED) is 0.178. The molecule has 2 aliphatic rings. The summed E-state index contributed by atoms with van der Waals surface area (Å²) in [5.41, 5.74) is 10.7. The maximum Gasteiger partial charge on any atom is 0.164 e. The molecule has 0 radical (unpaired) electrons. The van der Waals surface area contributed by atoms with Crippen molar-refractivity contribution in [2.75, 3.05) is 0 Å². The van der Waals surface area contributed by atoms with Crippen molar-refractivity contribution in [2.45, 2.75) is 16.1 Å². The van der Waals surface area contributed by atoms with Crippen LogP contribution in [0.25, 0.3) is 83.3 Å². The highest BCUT2D eigenvalue weighted by Crippen LogP contribution is 2.49. The normalized spacial score (nSPS) is 16.1. The summed E-state index contributed by atoms with van der Waals surface area (Å²) in [4.78, 5) is 16.8. The molecule has 2 unspecified atom stereocenters. The first-order chi connectivity index (χ1) is 26.7. The first-order valence-electron chi connectivity index (χ1n) is 18.2. The highest BCUT2D eigenvalue weighted by molar-refractivity contribution is 8.00. The second kappa shape index (κ2) is 12.5. The van der Waals surface area contributed by atoms with E-state index in [-0.39, 0.29) is 0 Å². The first-order valence-corrected chi connectivity index (χ1v) is 19.1. The third-order valence-corrected chi connectivity index (χ3v) is 12.0. The number of fused-ring (bicyclic) bond motifs is 7. The second-order valence-electron chi connectivity index (χ2n) is 13.9. The van der Waals surface area contributed by atoms with Crippen LogP contribution in [0.3, 0.4) is 0 Å². The van der Waals surface area contributed by atoms with Gasteiger partial charge in [-0.15, -0.1) is 11.8 Å². The first kappa shape index (κ1) is 31.0. The van der Waals surface area contributed by atoms with Crippen LogP contribution in [0.4, 0.5) is 0 Å². The molecule has 2 aromatic heterocycles. The number of hydrogen-bond donors (Lipinski definition) is 0. The number of furan rings is 1. The van der Waals surface area contributed by atoms with Crippen LogP contribution in [-0.2, 0) is 0 Å². The molecule has 0 saturated heterocycles. The highest BCUT2D eigenvalue weighted by atomic mass is 32.2. The Morgan fingerprint density at radius 2 is 1.17 bits per heavy atom. The van der Waals surface area contributed by atoms with E-state index in [2.05, 4.69) is 152 Å². The highest BCUT2D eigenvalue weighted by Gasteiger charge is 2.32. The van der Waals surface area contributed by atoms with Crippen molar-refractivity contribution in [1.82, 2.24) is 15.0 Å². The van der Waals surface area contributed by atoms with Gasteiger partial charge in [-0.05, 0) is 68.9 Å². The van der Waals surface area contributed by atoms with E-state index in [1.54, 1.807) is 0 Å². The number of nitrogens with zero attached hydrogens (tertiary/aromatic N) is 3. The average molecular weight is 710 g/mol. The molecule has 1 aliphatic carbocycles. The van der Waals surface area contributed by atoms with Crippen LogP contribution in [-0.4, -0.2) is 20.2 Å². The number of aromatic nitrogens is 3. The van der Waals surface area contributed by atoms with Crippen molar-refractivity contribution in [3.05, 3.63) is 187 Å². The van der Waals surface area contributed by atoms with Crippen LogP contribution in [0.15, 0.2) is 185 Å². The standard InChI is InChI=1S/C49H31N3OS/c1-2-9-30(10-3-1)31-17-21-33(22-18-31)47-50-48(52-49(51-47)36-25-26-40-39-11-5-7-16-44(39)54-45(40)29-36)35-24-20-32-19-23-34(27-37(32)28-35)38-13-8-15-43-46(38)41-12-4-6-14-42(41)53-43/h1-29,40,45H. The number of thioether (sulfide) groups is 1. The van der Waals surface area contributed by atoms with Gasteiger partial charge < -0.3 is 4.42 Å². The summed E-state index contributed by atoms with van der Waals surface area (Å²) >= 11 is 1.92. The van der Waals surface area contributed by atoms with Gasteiger partial charge in [0, 0.05) is 43.5 Å². The van der Waals surface area contributed by atoms with Gasteiger partial charge in [0.25, 0.3) is 0 Å². The van der Waals surface area contributed by atoms with Gasteiger partial charge in [-0.1, -0.05) is 146 Å². The molecule has 0 N–H and O–H groups in total. The average Bonchev–Trinajstić information content (AvgIpc) is 3.82. The van der Waals surface area contributed by atoms with Gasteiger partial charge in [0.05, 0.1) is 0 Å². The van der Waals surface area contributed by atoms with E-state index in [1.807, 2.05) is 36.0 Å². The molecule has 7 aromatic carbocycles. The molecule has 0 amide bonds. The van der Waals surface area contributed by atoms with Crippen LogP contribution in [0.5, 0.6) is 0 Å². The molecule has 0 fully saturated rings. The predicted octanol–water partition coefficient (Wildman–Crippen LogP) is 12.8. The molecule has 9 aromatic rings. The molecular formula is C49H31N3OS. The maximum absolute atomic E-state index is 6.22. The summed E-state index contributed by atoms with van der Waals surface area (Å²) in [5.74, 6) is 2.33. The van der Waals surface area contributed by atoms with Gasteiger partial charge in [-0.25, -0.2) is 15.0 Å². The third-order valence-electron chi connectivity index (χ3n) is 10.7. The fraction of sp³-hybridized carbons (Fsp3) is 0.0408. The van der Waals surface area contributed by atoms with E-state index in [4.69, 9.17) is 19.4 Å². The zero-order valence-electron chi connectivity index (χ0n) is 29.1. The van der Waals surface area contributed by atoms with Crippen molar-refractivity contribution < 1.29 is 4.42 Å². The SMILES string of the molecule is C1=CC2c3ccccc3SC2C=C1c1nc(-c2ccc(-c3ccccc3)cc2)nc(-c2ccc3ccc(-c4cccc5oc6ccccc6c45)cc3c2)n1. The Morgan fingerprint density at radius 1 is 0.500 bits per heavy atom. The molecule has 5 heteroatoms. The topological polar surface area (TPSA) is 51.8 Å². The van der Waals surface area contributed by atoms with Gasteiger partial charge in [0.15, 0.2) is 17.5 Å². The Morgan fingerprint density at radius 3 is 2.06 bits per heavy atom. The largest absolute Gasteiger partial charge is 0.456 e. The van der Waals surface area contributed by atoms with E-state index in [9.17, 15) is 0 Å². The molecule has 0 saturated carbocycles. The Hall–Kier alpha value is -6.56. The molecule has 4 nitrogen and oxygen atoms in total. The summed E-state index contributed by atoms with van der Waals surface area (Å²) < 4.78 is 6.22. The summed E-state index contributed by atoms with van der Waals surface area (Å²) in [6.45, 7) is 0. The van der Waals surface area contributed by atoms with E-state index in [0.717, 1.165) is 66.1 Å². The van der Waals surface area contributed by atoms with E-state index < -0.39 is 0 Å². The van der Waals surface area contributed by atoms with Gasteiger partial charge in [0.2, 0.25) is 0 Å². The number of benzene rings is 7. The molecule has 11 rings (SSSR count). The Balaban J connectivity index is 1.02. The molecule has 0 bridgehead atoms. The third kappa shape index (κ3) is 5.27. The van der Waals surface area contributed by atoms with Crippen molar-refractivity contribution in [3.8, 4) is 45.0 Å². The Labute approximate surface area is 316 Å². The van der Waals surface area contributed by atoms with E-state index >= 15 is 0 Å². The number of rotatable bonds is 5. The minimum atomic E-state index is 0.298. The van der Waals surface area contributed by atoms with Crippen molar-refractivity contribution >= 4 is 50.0 Å². The van der Waals surface area contributed by atoms with Gasteiger partial charge in [0.1, 0.15) is 11.2 Å².